The lowest BCUT2D eigenvalue weighted by atomic mass is 9.99. The first-order valence-electron chi connectivity index (χ1n) is 8.54. The van der Waals surface area contributed by atoms with Gasteiger partial charge in [0.1, 0.15) is 0 Å². The van der Waals surface area contributed by atoms with E-state index in [0.717, 1.165) is 12.5 Å². The number of piperidine rings is 1. The van der Waals surface area contributed by atoms with Crippen molar-refractivity contribution in [1.29, 1.82) is 0 Å². The number of nitrogens with zero attached hydrogens (tertiary/aromatic N) is 1. The molecule has 1 aliphatic heterocycles. The van der Waals surface area contributed by atoms with E-state index in [2.05, 4.69) is 11.8 Å². The monoisotopic (exact) mass is 269 g/mol. The van der Waals surface area contributed by atoms with Crippen molar-refractivity contribution >= 4 is 0 Å². The Balaban J connectivity index is 1.76. The fourth-order valence-corrected chi connectivity index (χ4v) is 2.93. The van der Waals surface area contributed by atoms with Crippen molar-refractivity contribution in [1.82, 2.24) is 4.90 Å². The maximum Gasteiger partial charge on any atom is 0.0462 e. The zero-order valence-electron chi connectivity index (χ0n) is 13.3. The first-order chi connectivity index (χ1) is 9.33. The Hall–Kier alpha value is -0.0800. The molecule has 1 aliphatic rings. The number of likely N-dealkylation sites (tertiary alicyclic amines) is 1. The molecule has 114 valence electrons. The Labute approximate surface area is 120 Å². The zero-order valence-corrected chi connectivity index (χ0v) is 13.3. The van der Waals surface area contributed by atoms with E-state index < -0.39 is 0 Å². The van der Waals surface area contributed by atoms with Gasteiger partial charge in [-0.25, -0.2) is 0 Å². The fourth-order valence-electron chi connectivity index (χ4n) is 2.93. The Morgan fingerprint density at radius 2 is 1.37 bits per heavy atom. The minimum Gasteiger partial charge on any atom is -0.385 e. The summed E-state index contributed by atoms with van der Waals surface area (Å²) in [5, 5.41) is 0. The topological polar surface area (TPSA) is 12.5 Å². The second kappa shape index (κ2) is 11.7. The summed E-state index contributed by atoms with van der Waals surface area (Å²) in [4.78, 5) is 2.67. The third-order valence-electron chi connectivity index (χ3n) is 4.45. The van der Waals surface area contributed by atoms with Crippen LogP contribution in [-0.2, 0) is 4.74 Å². The van der Waals surface area contributed by atoms with Crippen molar-refractivity contribution < 1.29 is 4.74 Å². The normalized spacial score (nSPS) is 18.0. The Kier molecular flexibility index (Phi) is 10.5. The predicted molar refractivity (Wildman–Crippen MR) is 83.7 cm³/mol. The van der Waals surface area contributed by atoms with Crippen LogP contribution in [0.25, 0.3) is 0 Å². The van der Waals surface area contributed by atoms with Crippen molar-refractivity contribution in [3.05, 3.63) is 0 Å². The van der Waals surface area contributed by atoms with Crippen molar-refractivity contribution in [3.8, 4) is 0 Å². The minimum absolute atomic E-state index is 0.939. The van der Waals surface area contributed by atoms with E-state index in [-0.39, 0.29) is 0 Å². The van der Waals surface area contributed by atoms with Gasteiger partial charge < -0.3 is 9.64 Å². The van der Waals surface area contributed by atoms with Crippen molar-refractivity contribution in [3.63, 3.8) is 0 Å². The summed E-state index contributed by atoms with van der Waals surface area (Å²) in [6, 6.07) is 0. The van der Waals surface area contributed by atoms with Crippen LogP contribution in [-0.4, -0.2) is 38.3 Å². The van der Waals surface area contributed by atoms with Crippen molar-refractivity contribution in [2.45, 2.75) is 71.1 Å². The second-order valence-electron chi connectivity index (χ2n) is 6.35. The van der Waals surface area contributed by atoms with Gasteiger partial charge in [0.25, 0.3) is 0 Å². The first-order valence-corrected chi connectivity index (χ1v) is 8.54. The highest BCUT2D eigenvalue weighted by atomic mass is 16.5. The average Bonchev–Trinajstić information content (AvgIpc) is 2.43. The van der Waals surface area contributed by atoms with Gasteiger partial charge in [-0.05, 0) is 51.2 Å². The highest BCUT2D eigenvalue weighted by Gasteiger charge is 2.14. The van der Waals surface area contributed by atoms with Gasteiger partial charge in [-0.15, -0.1) is 0 Å². The lowest BCUT2D eigenvalue weighted by Crippen LogP contribution is -2.33. The molecule has 0 bridgehead atoms. The molecule has 1 heterocycles. The fraction of sp³-hybridized carbons (Fsp3) is 1.00. The van der Waals surface area contributed by atoms with Crippen LogP contribution < -0.4 is 0 Å². The zero-order chi connectivity index (χ0) is 13.8. The van der Waals surface area contributed by atoms with E-state index >= 15 is 0 Å². The van der Waals surface area contributed by atoms with Crippen LogP contribution in [0.2, 0.25) is 0 Å². The molecule has 19 heavy (non-hydrogen) atoms. The van der Waals surface area contributed by atoms with E-state index in [0.29, 0.717) is 0 Å². The minimum atomic E-state index is 0.939. The summed E-state index contributed by atoms with van der Waals surface area (Å²) < 4.78 is 5.06. The summed E-state index contributed by atoms with van der Waals surface area (Å²) in [5.74, 6) is 0.967. The maximum absolute atomic E-state index is 5.06. The smallest absolute Gasteiger partial charge is 0.0462 e. The van der Waals surface area contributed by atoms with Crippen LogP contribution in [0.1, 0.15) is 71.1 Å². The Morgan fingerprint density at radius 3 is 1.95 bits per heavy atom. The molecule has 2 nitrogen and oxygen atoms in total. The van der Waals surface area contributed by atoms with Gasteiger partial charge in [-0.1, -0.05) is 45.4 Å². The molecule has 0 aromatic carbocycles. The standard InChI is InChI=1S/C17H35NO/c1-17-11-14-18(15-12-17)13-9-7-5-3-4-6-8-10-16-19-2/h17H,3-16H2,1-2H3. The SMILES string of the molecule is COCCCCCCCCCCN1CCC(C)CC1. The summed E-state index contributed by atoms with van der Waals surface area (Å²) in [6.45, 7) is 7.38. The molecule has 0 N–H and O–H groups in total. The van der Waals surface area contributed by atoms with E-state index in [1.165, 1.54) is 83.8 Å². The molecule has 0 spiro atoms. The molecule has 0 unspecified atom stereocenters. The van der Waals surface area contributed by atoms with Gasteiger partial charge in [0.05, 0.1) is 0 Å². The number of methoxy groups -OCH3 is 1. The summed E-state index contributed by atoms with van der Waals surface area (Å²) in [7, 11) is 1.79. The molecule has 0 amide bonds. The molecule has 1 rings (SSSR count). The van der Waals surface area contributed by atoms with Gasteiger partial charge in [0.2, 0.25) is 0 Å². The molecular formula is C17H35NO. The molecule has 0 aromatic heterocycles. The highest BCUT2D eigenvalue weighted by molar-refractivity contribution is 4.69. The van der Waals surface area contributed by atoms with Crippen molar-refractivity contribution in [2.75, 3.05) is 33.4 Å². The molecule has 1 fully saturated rings. The van der Waals surface area contributed by atoms with Crippen LogP contribution in [0.15, 0.2) is 0 Å². The average molecular weight is 269 g/mol. The number of ether oxygens (including phenoxy) is 1. The predicted octanol–water partition coefficient (Wildman–Crippen LogP) is 4.49. The maximum atomic E-state index is 5.06. The molecule has 0 radical (unpaired) electrons. The van der Waals surface area contributed by atoms with E-state index in [4.69, 9.17) is 4.74 Å². The number of unbranched alkanes of at least 4 members (excludes halogenated alkanes) is 7. The Morgan fingerprint density at radius 1 is 0.842 bits per heavy atom. The number of hydrogen-bond acceptors (Lipinski definition) is 2. The quantitative estimate of drug-likeness (QED) is 0.513. The van der Waals surface area contributed by atoms with E-state index in [1.54, 1.807) is 7.11 Å². The third kappa shape index (κ3) is 9.45. The van der Waals surface area contributed by atoms with E-state index in [1.807, 2.05) is 0 Å². The largest absolute Gasteiger partial charge is 0.385 e. The lowest BCUT2D eigenvalue weighted by molar-refractivity contribution is 0.189. The number of rotatable bonds is 11. The molecule has 1 saturated heterocycles. The molecule has 0 atom stereocenters. The number of hydrogen-bond donors (Lipinski definition) is 0. The third-order valence-corrected chi connectivity index (χ3v) is 4.45. The van der Waals surface area contributed by atoms with Crippen LogP contribution in [0.3, 0.4) is 0 Å². The van der Waals surface area contributed by atoms with Gasteiger partial charge in [0, 0.05) is 13.7 Å². The summed E-state index contributed by atoms with van der Waals surface area (Å²) in [5.41, 5.74) is 0. The van der Waals surface area contributed by atoms with Crippen LogP contribution >= 0.6 is 0 Å². The van der Waals surface area contributed by atoms with Crippen LogP contribution in [0.5, 0.6) is 0 Å². The van der Waals surface area contributed by atoms with Crippen molar-refractivity contribution in [2.24, 2.45) is 5.92 Å². The van der Waals surface area contributed by atoms with Gasteiger partial charge in [-0.2, -0.15) is 0 Å². The van der Waals surface area contributed by atoms with Gasteiger partial charge in [0.15, 0.2) is 0 Å². The molecule has 0 aliphatic carbocycles. The summed E-state index contributed by atoms with van der Waals surface area (Å²) in [6.07, 6.45) is 14.0. The summed E-state index contributed by atoms with van der Waals surface area (Å²) >= 11 is 0. The molecule has 2 heteroatoms. The van der Waals surface area contributed by atoms with Crippen LogP contribution in [0.4, 0.5) is 0 Å². The van der Waals surface area contributed by atoms with Crippen LogP contribution in [0, 0.1) is 5.92 Å². The van der Waals surface area contributed by atoms with E-state index in [9.17, 15) is 0 Å². The second-order valence-corrected chi connectivity index (χ2v) is 6.35. The highest BCUT2D eigenvalue weighted by Crippen LogP contribution is 2.16. The van der Waals surface area contributed by atoms with Gasteiger partial charge >= 0.3 is 0 Å². The molecule has 0 saturated carbocycles. The lowest BCUT2D eigenvalue weighted by Gasteiger charge is -2.30. The molecular weight excluding hydrogens is 234 g/mol. The molecule has 0 aromatic rings. The first kappa shape index (κ1) is 17.0. The Bertz CT molecular complexity index is 188. The van der Waals surface area contributed by atoms with Gasteiger partial charge in [-0.3, -0.25) is 0 Å².